The summed E-state index contributed by atoms with van der Waals surface area (Å²) in [7, 11) is 0. The lowest BCUT2D eigenvalue weighted by molar-refractivity contribution is -0.149. The van der Waals surface area contributed by atoms with Crippen LogP contribution in [-0.2, 0) is 16.1 Å². The molecule has 1 aromatic rings. The summed E-state index contributed by atoms with van der Waals surface area (Å²) in [6, 6.07) is 1.31. The number of hydrogen-bond donors (Lipinski definition) is 3. The Labute approximate surface area is 178 Å². The van der Waals surface area contributed by atoms with Crippen LogP contribution in [-0.4, -0.2) is 22.8 Å². The minimum atomic E-state index is -0.588. The fraction of sp³-hybridized carbons (Fsp3) is 0.708. The third-order valence-corrected chi connectivity index (χ3v) is 7.69. The number of aryl methyl sites for hydroxylation is 2. The van der Waals surface area contributed by atoms with Crippen LogP contribution in [0.2, 0.25) is 0 Å². The molecule has 4 aliphatic rings. The Kier molecular flexibility index (Phi) is 5.54. The lowest BCUT2D eigenvalue weighted by Gasteiger charge is -2.55. The lowest BCUT2D eigenvalue weighted by atomic mass is 9.49. The van der Waals surface area contributed by atoms with Gasteiger partial charge in [-0.15, -0.1) is 0 Å². The minimum absolute atomic E-state index is 0.0275. The number of H-pyrrole nitrogens is 1. The van der Waals surface area contributed by atoms with Crippen LogP contribution in [0.15, 0.2) is 10.9 Å². The second kappa shape index (κ2) is 7.86. The van der Waals surface area contributed by atoms with Crippen LogP contribution in [0.4, 0.5) is 0 Å². The first-order chi connectivity index (χ1) is 14.2. The minimum Gasteiger partial charge on any atom is -0.350 e. The fourth-order valence-corrected chi connectivity index (χ4v) is 6.60. The van der Waals surface area contributed by atoms with Gasteiger partial charge >= 0.3 is 0 Å². The van der Waals surface area contributed by atoms with Crippen molar-refractivity contribution in [2.45, 2.75) is 78.8 Å². The maximum absolute atomic E-state index is 13.4. The monoisotopic (exact) mass is 413 g/mol. The van der Waals surface area contributed by atoms with E-state index in [-0.39, 0.29) is 35.3 Å². The van der Waals surface area contributed by atoms with E-state index in [0.717, 1.165) is 30.5 Å². The van der Waals surface area contributed by atoms with E-state index in [1.807, 2.05) is 33.8 Å². The third-order valence-electron chi connectivity index (χ3n) is 7.69. The first kappa shape index (κ1) is 21.1. The van der Waals surface area contributed by atoms with Gasteiger partial charge in [-0.1, -0.05) is 13.8 Å². The molecule has 4 fully saturated rings. The highest BCUT2D eigenvalue weighted by atomic mass is 16.2. The van der Waals surface area contributed by atoms with Gasteiger partial charge in [0, 0.05) is 23.2 Å². The number of hydrogen-bond acceptors (Lipinski definition) is 3. The van der Waals surface area contributed by atoms with Gasteiger partial charge in [0.2, 0.25) is 11.8 Å². The molecule has 4 bridgehead atoms. The van der Waals surface area contributed by atoms with Gasteiger partial charge in [-0.2, -0.15) is 0 Å². The largest absolute Gasteiger partial charge is 0.350 e. The van der Waals surface area contributed by atoms with Crippen molar-refractivity contribution in [3.8, 4) is 0 Å². The predicted molar refractivity (Wildman–Crippen MR) is 116 cm³/mol. The molecule has 4 saturated carbocycles. The highest BCUT2D eigenvalue weighted by Crippen LogP contribution is 2.60. The van der Waals surface area contributed by atoms with E-state index in [0.29, 0.717) is 23.3 Å². The van der Waals surface area contributed by atoms with Crippen LogP contribution in [0.3, 0.4) is 0 Å². The van der Waals surface area contributed by atoms with Crippen LogP contribution in [0.1, 0.15) is 69.2 Å². The highest BCUT2D eigenvalue weighted by Gasteiger charge is 2.55. The number of pyridine rings is 1. The normalized spacial score (nSPS) is 30.4. The summed E-state index contributed by atoms with van der Waals surface area (Å²) in [5.74, 6) is 1.88. The smallest absolute Gasteiger partial charge is 0.253 e. The van der Waals surface area contributed by atoms with Crippen molar-refractivity contribution in [3.05, 3.63) is 33.2 Å². The van der Waals surface area contributed by atoms with Gasteiger partial charge in [0.25, 0.3) is 5.56 Å². The summed E-state index contributed by atoms with van der Waals surface area (Å²) >= 11 is 0. The van der Waals surface area contributed by atoms with Crippen molar-refractivity contribution in [3.63, 3.8) is 0 Å². The summed E-state index contributed by atoms with van der Waals surface area (Å²) in [6.45, 7) is 7.78. The Hall–Kier alpha value is -2.11. The molecule has 0 aromatic carbocycles. The molecule has 6 heteroatoms. The lowest BCUT2D eigenvalue weighted by Crippen LogP contribution is -2.58. The van der Waals surface area contributed by atoms with E-state index in [9.17, 15) is 14.4 Å². The van der Waals surface area contributed by atoms with Crippen molar-refractivity contribution in [1.29, 1.82) is 0 Å². The van der Waals surface area contributed by atoms with E-state index in [4.69, 9.17) is 0 Å². The van der Waals surface area contributed by atoms with Crippen molar-refractivity contribution >= 4 is 11.8 Å². The van der Waals surface area contributed by atoms with Crippen LogP contribution >= 0.6 is 0 Å². The number of rotatable bonds is 6. The van der Waals surface area contributed by atoms with E-state index in [1.54, 1.807) is 0 Å². The second-order valence-corrected chi connectivity index (χ2v) is 10.6. The zero-order valence-corrected chi connectivity index (χ0v) is 18.6. The number of nitrogens with one attached hydrogen (secondary N) is 3. The van der Waals surface area contributed by atoms with Crippen LogP contribution in [0, 0.1) is 42.9 Å². The first-order valence-corrected chi connectivity index (χ1v) is 11.4. The molecule has 0 unspecified atom stereocenters. The van der Waals surface area contributed by atoms with Gasteiger partial charge < -0.3 is 15.6 Å². The topological polar surface area (TPSA) is 91.1 Å². The molecule has 6 nitrogen and oxygen atoms in total. The summed E-state index contributed by atoms with van der Waals surface area (Å²) in [4.78, 5) is 41.4. The molecule has 0 spiro atoms. The molecule has 0 radical (unpaired) electrons. The predicted octanol–water partition coefficient (Wildman–Crippen LogP) is 2.97. The summed E-state index contributed by atoms with van der Waals surface area (Å²) in [5, 5.41) is 6.00. The van der Waals surface area contributed by atoms with Gasteiger partial charge in [0.05, 0.1) is 0 Å². The van der Waals surface area contributed by atoms with Gasteiger partial charge in [-0.25, -0.2) is 0 Å². The Bertz CT molecular complexity index is 866. The SMILES string of the molecule is Cc1cc(C)c(CNC(=O)[C@H](NC(=O)C23CC4CC(CC(C4)C2)C3)C(C)C)c(=O)[nH]1. The summed E-state index contributed by atoms with van der Waals surface area (Å²) in [6.07, 6.45) is 6.79. The Morgan fingerprint density at radius 2 is 1.67 bits per heavy atom. The van der Waals surface area contributed by atoms with E-state index >= 15 is 0 Å². The molecule has 4 aliphatic carbocycles. The average Bonchev–Trinajstić information content (AvgIpc) is 2.63. The van der Waals surface area contributed by atoms with Gasteiger partial charge in [-0.3, -0.25) is 14.4 Å². The zero-order chi connectivity index (χ0) is 21.6. The van der Waals surface area contributed by atoms with Gasteiger partial charge in [0.15, 0.2) is 0 Å². The average molecular weight is 414 g/mol. The molecule has 2 amide bonds. The number of aromatic amines is 1. The number of carbonyl (C=O) groups is 2. The molecule has 164 valence electrons. The Morgan fingerprint density at radius 1 is 1.10 bits per heavy atom. The molecule has 1 atom stereocenters. The molecule has 30 heavy (non-hydrogen) atoms. The van der Waals surface area contributed by atoms with Gasteiger partial charge in [-0.05, 0) is 87.7 Å². The zero-order valence-electron chi connectivity index (χ0n) is 18.6. The Morgan fingerprint density at radius 3 is 2.17 bits per heavy atom. The molecule has 0 aliphatic heterocycles. The standard InChI is InChI=1S/C24H35N3O3/c1-13(2)20(22(29)25-12-19-14(3)5-15(4)26-21(19)28)27-23(30)24-9-16-6-17(10-24)8-18(7-16)11-24/h5,13,16-18,20H,6-12H2,1-4H3,(H,25,29)(H,26,28)(H,27,30)/t16?,17?,18?,20-,24?/m1/s1. The fourth-order valence-electron chi connectivity index (χ4n) is 6.60. The Balaban J connectivity index is 1.43. The van der Waals surface area contributed by atoms with Crippen LogP contribution in [0.5, 0.6) is 0 Å². The van der Waals surface area contributed by atoms with Gasteiger partial charge in [0.1, 0.15) is 6.04 Å². The second-order valence-electron chi connectivity index (χ2n) is 10.6. The summed E-state index contributed by atoms with van der Waals surface area (Å²) < 4.78 is 0. The number of aromatic nitrogens is 1. The third kappa shape index (κ3) is 3.93. The molecular weight excluding hydrogens is 378 g/mol. The molecule has 5 rings (SSSR count). The highest BCUT2D eigenvalue weighted by molar-refractivity contribution is 5.90. The van der Waals surface area contributed by atoms with Crippen molar-refractivity contribution in [2.75, 3.05) is 0 Å². The van der Waals surface area contributed by atoms with Crippen LogP contribution < -0.4 is 16.2 Å². The van der Waals surface area contributed by atoms with E-state index in [2.05, 4.69) is 15.6 Å². The quantitative estimate of drug-likeness (QED) is 0.670. The van der Waals surface area contributed by atoms with Crippen molar-refractivity contribution in [1.82, 2.24) is 15.6 Å². The maximum Gasteiger partial charge on any atom is 0.253 e. The first-order valence-electron chi connectivity index (χ1n) is 11.4. The van der Waals surface area contributed by atoms with Crippen LogP contribution in [0.25, 0.3) is 0 Å². The number of amides is 2. The van der Waals surface area contributed by atoms with E-state index in [1.165, 1.54) is 19.3 Å². The number of carbonyl (C=O) groups excluding carboxylic acids is 2. The molecule has 0 saturated heterocycles. The maximum atomic E-state index is 13.4. The van der Waals surface area contributed by atoms with Crippen molar-refractivity contribution in [2.24, 2.45) is 29.1 Å². The molecule has 1 heterocycles. The summed E-state index contributed by atoms with van der Waals surface area (Å²) in [5.41, 5.74) is 1.77. The van der Waals surface area contributed by atoms with E-state index < -0.39 is 6.04 Å². The molecular formula is C24H35N3O3. The molecule has 1 aromatic heterocycles. The van der Waals surface area contributed by atoms with Crippen molar-refractivity contribution < 1.29 is 9.59 Å². The molecule has 3 N–H and O–H groups in total.